The quantitative estimate of drug-likeness (QED) is 0.758. The first-order valence-corrected chi connectivity index (χ1v) is 8.36. The van der Waals surface area contributed by atoms with Gasteiger partial charge in [0.1, 0.15) is 0 Å². The third-order valence-electron chi connectivity index (χ3n) is 4.05. The largest absolute Gasteiger partial charge is 0.325 e. The van der Waals surface area contributed by atoms with Gasteiger partial charge in [-0.15, -0.1) is 0 Å². The number of amides is 1. The summed E-state index contributed by atoms with van der Waals surface area (Å²) < 4.78 is 0. The zero-order chi connectivity index (χ0) is 18.6. The highest BCUT2D eigenvalue weighted by atomic mass is 35.5. The van der Waals surface area contributed by atoms with Crippen LogP contribution < -0.4 is 5.32 Å². The average Bonchev–Trinajstić information content (AvgIpc) is 2.57. The van der Waals surface area contributed by atoms with E-state index in [1.165, 1.54) is 13.0 Å². The van der Waals surface area contributed by atoms with E-state index in [2.05, 4.69) is 5.32 Å². The zero-order valence-corrected chi connectivity index (χ0v) is 15.2. The van der Waals surface area contributed by atoms with E-state index < -0.39 is 0 Å². The van der Waals surface area contributed by atoms with Crippen molar-refractivity contribution in [3.05, 3.63) is 63.7 Å². The lowest BCUT2D eigenvalue weighted by Crippen LogP contribution is -2.14. The van der Waals surface area contributed by atoms with Crippen molar-refractivity contribution in [2.45, 2.75) is 33.6 Å². The van der Waals surface area contributed by atoms with Crippen LogP contribution in [0.4, 0.5) is 5.69 Å². The van der Waals surface area contributed by atoms with Gasteiger partial charge in [0.05, 0.1) is 10.7 Å². The van der Waals surface area contributed by atoms with Crippen LogP contribution in [0.3, 0.4) is 0 Å². The molecule has 25 heavy (non-hydrogen) atoms. The number of carbonyl (C=O) groups is 3. The number of ketones is 2. The molecule has 0 heterocycles. The number of aryl methyl sites for hydroxylation is 2. The summed E-state index contributed by atoms with van der Waals surface area (Å²) in [5, 5.41) is 3.00. The second-order valence-corrected chi connectivity index (χ2v) is 6.43. The van der Waals surface area contributed by atoms with E-state index in [-0.39, 0.29) is 30.3 Å². The van der Waals surface area contributed by atoms with E-state index in [4.69, 9.17) is 11.6 Å². The lowest BCUT2D eigenvalue weighted by Gasteiger charge is -2.09. The van der Waals surface area contributed by atoms with Gasteiger partial charge in [0.15, 0.2) is 11.6 Å². The molecule has 130 valence electrons. The fourth-order valence-electron chi connectivity index (χ4n) is 2.34. The van der Waals surface area contributed by atoms with Gasteiger partial charge in [0.2, 0.25) is 5.91 Å². The number of Topliss-reactive ketones (excluding diaryl/α,β-unsaturated/α-hetero) is 2. The number of rotatable bonds is 6. The maximum Gasteiger partial charge on any atom is 0.224 e. The Bertz CT molecular complexity index is 843. The first-order chi connectivity index (χ1) is 11.8. The summed E-state index contributed by atoms with van der Waals surface area (Å²) in [6.07, 6.45) is 0.157. The molecular formula is C20H20ClNO3. The standard InChI is InChI=1S/C20H20ClNO3/c1-12-4-5-16(10-13(12)2)19(24)8-9-20(25)22-18-11-15(14(3)23)6-7-17(18)21/h4-7,10-11H,8-9H2,1-3H3,(H,22,25). The van der Waals surface area contributed by atoms with E-state index >= 15 is 0 Å². The molecule has 0 saturated carbocycles. The van der Waals surface area contributed by atoms with Gasteiger partial charge in [-0.25, -0.2) is 0 Å². The third-order valence-corrected chi connectivity index (χ3v) is 4.38. The van der Waals surface area contributed by atoms with E-state index in [1.807, 2.05) is 26.0 Å². The highest BCUT2D eigenvalue weighted by Crippen LogP contribution is 2.23. The molecule has 0 aromatic heterocycles. The summed E-state index contributed by atoms with van der Waals surface area (Å²) in [7, 11) is 0. The molecule has 1 N–H and O–H groups in total. The van der Waals surface area contributed by atoms with Crippen LogP contribution in [0.1, 0.15) is 51.6 Å². The van der Waals surface area contributed by atoms with Crippen molar-refractivity contribution in [3.8, 4) is 0 Å². The summed E-state index contributed by atoms with van der Waals surface area (Å²) >= 11 is 6.04. The average molecular weight is 358 g/mol. The maximum absolute atomic E-state index is 12.2. The molecular weight excluding hydrogens is 338 g/mol. The Balaban J connectivity index is 1.98. The van der Waals surface area contributed by atoms with Crippen LogP contribution in [0.5, 0.6) is 0 Å². The van der Waals surface area contributed by atoms with Crippen molar-refractivity contribution < 1.29 is 14.4 Å². The topological polar surface area (TPSA) is 63.2 Å². The molecule has 2 rings (SSSR count). The summed E-state index contributed by atoms with van der Waals surface area (Å²) in [5.41, 5.74) is 3.61. The molecule has 0 unspecified atom stereocenters. The van der Waals surface area contributed by atoms with Gasteiger partial charge in [-0.2, -0.15) is 0 Å². The van der Waals surface area contributed by atoms with Crippen molar-refractivity contribution in [2.75, 3.05) is 5.32 Å². The predicted octanol–water partition coefficient (Wildman–Crippen LogP) is 4.76. The van der Waals surface area contributed by atoms with Gasteiger partial charge >= 0.3 is 0 Å². The number of anilines is 1. The van der Waals surface area contributed by atoms with E-state index in [9.17, 15) is 14.4 Å². The molecule has 5 heteroatoms. The monoisotopic (exact) mass is 357 g/mol. The second-order valence-electron chi connectivity index (χ2n) is 6.02. The summed E-state index contributed by atoms with van der Waals surface area (Å²) in [4.78, 5) is 35.7. The van der Waals surface area contributed by atoms with Gasteiger partial charge in [0.25, 0.3) is 0 Å². The van der Waals surface area contributed by atoms with Gasteiger partial charge in [-0.05, 0) is 56.2 Å². The van der Waals surface area contributed by atoms with Crippen molar-refractivity contribution in [1.29, 1.82) is 0 Å². The van der Waals surface area contributed by atoms with Crippen LogP contribution in [0, 0.1) is 13.8 Å². The van der Waals surface area contributed by atoms with Crippen LogP contribution in [-0.4, -0.2) is 17.5 Å². The van der Waals surface area contributed by atoms with Gasteiger partial charge in [0, 0.05) is 24.0 Å². The third kappa shape index (κ3) is 5.00. The SMILES string of the molecule is CC(=O)c1ccc(Cl)c(NC(=O)CCC(=O)c2ccc(C)c(C)c2)c1. The number of carbonyl (C=O) groups excluding carboxylic acids is 3. The van der Waals surface area contributed by atoms with Crippen LogP contribution in [-0.2, 0) is 4.79 Å². The Morgan fingerprint density at radius 1 is 0.920 bits per heavy atom. The minimum absolute atomic E-state index is 0.0480. The molecule has 1 amide bonds. The Labute approximate surface area is 152 Å². The summed E-state index contributed by atoms with van der Waals surface area (Å²) in [6.45, 7) is 5.37. The number of hydrogen-bond acceptors (Lipinski definition) is 3. The number of halogens is 1. The molecule has 2 aromatic rings. The van der Waals surface area contributed by atoms with Crippen molar-refractivity contribution in [3.63, 3.8) is 0 Å². The molecule has 0 spiro atoms. The Morgan fingerprint density at radius 2 is 1.60 bits per heavy atom. The maximum atomic E-state index is 12.2. The highest BCUT2D eigenvalue weighted by Gasteiger charge is 2.12. The van der Waals surface area contributed by atoms with Crippen LogP contribution in [0.25, 0.3) is 0 Å². The molecule has 0 radical (unpaired) electrons. The number of hydrogen-bond donors (Lipinski definition) is 1. The molecule has 0 bridgehead atoms. The number of benzene rings is 2. The van der Waals surface area contributed by atoms with Crippen LogP contribution in [0.15, 0.2) is 36.4 Å². The molecule has 0 saturated heterocycles. The molecule has 2 aromatic carbocycles. The highest BCUT2D eigenvalue weighted by molar-refractivity contribution is 6.33. The molecule has 4 nitrogen and oxygen atoms in total. The smallest absolute Gasteiger partial charge is 0.224 e. The molecule has 0 aliphatic carbocycles. The zero-order valence-electron chi connectivity index (χ0n) is 14.5. The Hall–Kier alpha value is -2.46. The van der Waals surface area contributed by atoms with Crippen molar-refractivity contribution in [2.24, 2.45) is 0 Å². The summed E-state index contributed by atoms with van der Waals surface area (Å²) in [5.74, 6) is -0.515. The predicted molar refractivity (Wildman–Crippen MR) is 99.6 cm³/mol. The lowest BCUT2D eigenvalue weighted by molar-refractivity contribution is -0.116. The molecule has 0 aliphatic rings. The Morgan fingerprint density at radius 3 is 2.24 bits per heavy atom. The van der Waals surface area contributed by atoms with Gasteiger partial charge in [-0.3, -0.25) is 14.4 Å². The van der Waals surface area contributed by atoms with Crippen molar-refractivity contribution >= 4 is 34.8 Å². The van der Waals surface area contributed by atoms with Gasteiger partial charge in [-0.1, -0.05) is 23.7 Å². The number of nitrogens with one attached hydrogen (secondary N) is 1. The van der Waals surface area contributed by atoms with Crippen LogP contribution >= 0.6 is 11.6 Å². The van der Waals surface area contributed by atoms with E-state index in [1.54, 1.807) is 18.2 Å². The normalized spacial score (nSPS) is 10.4. The minimum Gasteiger partial charge on any atom is -0.325 e. The van der Waals surface area contributed by atoms with Crippen molar-refractivity contribution in [1.82, 2.24) is 0 Å². The molecule has 0 atom stereocenters. The second kappa shape index (κ2) is 8.08. The van der Waals surface area contributed by atoms with E-state index in [0.29, 0.717) is 21.8 Å². The molecule has 0 fully saturated rings. The van der Waals surface area contributed by atoms with E-state index in [0.717, 1.165) is 11.1 Å². The van der Waals surface area contributed by atoms with Crippen LogP contribution in [0.2, 0.25) is 5.02 Å². The fraction of sp³-hybridized carbons (Fsp3) is 0.250. The lowest BCUT2D eigenvalue weighted by atomic mass is 10.0. The fourth-order valence-corrected chi connectivity index (χ4v) is 2.50. The minimum atomic E-state index is -0.320. The first kappa shape index (κ1) is 18.9. The van der Waals surface area contributed by atoms with Gasteiger partial charge < -0.3 is 5.32 Å². The first-order valence-electron chi connectivity index (χ1n) is 7.98. The summed E-state index contributed by atoms with van der Waals surface area (Å²) in [6, 6.07) is 10.2. The molecule has 0 aliphatic heterocycles. The Kier molecular flexibility index (Phi) is 6.10.